The first-order chi connectivity index (χ1) is 15.8. The van der Waals surface area contributed by atoms with Crippen LogP contribution in [0.3, 0.4) is 0 Å². The highest BCUT2D eigenvalue weighted by atomic mass is 32.2. The molecule has 2 aliphatic heterocycles. The van der Waals surface area contributed by atoms with Crippen molar-refractivity contribution < 1.29 is 9.84 Å². The Labute approximate surface area is 195 Å². The Morgan fingerprint density at radius 2 is 1.50 bits per heavy atom. The number of fused-ring (bicyclic) bond motifs is 1. The maximum Gasteiger partial charge on any atom is 0.123 e. The average Bonchev–Trinajstić information content (AvgIpc) is 3.08. The van der Waals surface area contributed by atoms with E-state index in [-0.39, 0.29) is 5.92 Å². The lowest BCUT2D eigenvalue weighted by Crippen LogP contribution is -2.38. The van der Waals surface area contributed by atoms with Gasteiger partial charge in [0.1, 0.15) is 12.4 Å². The van der Waals surface area contributed by atoms with Crippen molar-refractivity contribution in [3.05, 3.63) is 101 Å². The Balaban J connectivity index is 1.45. The fourth-order valence-corrected chi connectivity index (χ4v) is 6.13. The molecule has 0 amide bonds. The standard InChI is InChI=1S/C28H31NO2S/c30-28(27(21-7-3-1-4-8-21)22-9-5-2-6-10-22)23-11-12-26-24(19-23)20-29(15-16-31-26)25-13-17-32-18-14-25/h1-12,19,25,27-28,30H,13-18,20H2/t28-/m0/s1. The van der Waals surface area contributed by atoms with Gasteiger partial charge in [-0.3, -0.25) is 4.90 Å². The number of thioether (sulfide) groups is 1. The lowest BCUT2D eigenvalue weighted by Gasteiger charge is -2.33. The van der Waals surface area contributed by atoms with Crippen molar-refractivity contribution in [2.24, 2.45) is 0 Å². The summed E-state index contributed by atoms with van der Waals surface area (Å²) in [5.74, 6) is 3.35. The molecular formula is C28H31NO2S. The second kappa shape index (κ2) is 10.1. The second-order valence-corrected chi connectivity index (χ2v) is 10.00. The zero-order valence-corrected chi connectivity index (χ0v) is 19.2. The van der Waals surface area contributed by atoms with Gasteiger partial charge in [-0.25, -0.2) is 0 Å². The van der Waals surface area contributed by atoms with E-state index in [0.29, 0.717) is 6.04 Å². The molecule has 5 rings (SSSR count). The van der Waals surface area contributed by atoms with E-state index < -0.39 is 6.10 Å². The Hall–Kier alpha value is -2.27. The Bertz CT molecular complexity index is 965. The van der Waals surface area contributed by atoms with Crippen molar-refractivity contribution >= 4 is 11.8 Å². The molecule has 1 saturated heterocycles. The quantitative estimate of drug-likeness (QED) is 0.551. The third-order valence-corrected chi connectivity index (χ3v) is 7.82. The molecule has 1 N–H and O–H groups in total. The first kappa shape index (κ1) is 21.6. The van der Waals surface area contributed by atoms with Gasteiger partial charge in [0.15, 0.2) is 0 Å². The molecule has 0 bridgehead atoms. The van der Waals surface area contributed by atoms with Gasteiger partial charge in [0.25, 0.3) is 0 Å². The van der Waals surface area contributed by atoms with Gasteiger partial charge < -0.3 is 9.84 Å². The van der Waals surface area contributed by atoms with Crippen molar-refractivity contribution in [2.45, 2.75) is 37.5 Å². The first-order valence-corrected chi connectivity index (χ1v) is 12.8. The van der Waals surface area contributed by atoms with Gasteiger partial charge in [0, 0.05) is 30.6 Å². The van der Waals surface area contributed by atoms with Crippen LogP contribution in [0.4, 0.5) is 0 Å². The number of aliphatic hydroxyl groups excluding tert-OH is 1. The van der Waals surface area contributed by atoms with Crippen LogP contribution in [0.15, 0.2) is 78.9 Å². The molecule has 166 valence electrons. The summed E-state index contributed by atoms with van der Waals surface area (Å²) in [7, 11) is 0. The maximum atomic E-state index is 11.6. The van der Waals surface area contributed by atoms with E-state index >= 15 is 0 Å². The minimum Gasteiger partial charge on any atom is -0.492 e. The Morgan fingerprint density at radius 3 is 2.16 bits per heavy atom. The van der Waals surface area contributed by atoms with Gasteiger partial charge >= 0.3 is 0 Å². The predicted molar refractivity (Wildman–Crippen MR) is 132 cm³/mol. The molecule has 3 aromatic rings. The van der Waals surface area contributed by atoms with Crippen LogP contribution in [0, 0.1) is 0 Å². The lowest BCUT2D eigenvalue weighted by atomic mass is 9.83. The molecule has 1 atom stereocenters. The van der Waals surface area contributed by atoms with Crippen molar-refractivity contribution in [1.29, 1.82) is 0 Å². The number of benzene rings is 3. The first-order valence-electron chi connectivity index (χ1n) is 11.6. The van der Waals surface area contributed by atoms with Crippen LogP contribution in [0.1, 0.15) is 47.1 Å². The molecule has 32 heavy (non-hydrogen) atoms. The van der Waals surface area contributed by atoms with Crippen molar-refractivity contribution in [3.63, 3.8) is 0 Å². The van der Waals surface area contributed by atoms with Gasteiger partial charge in [-0.05, 0) is 53.2 Å². The van der Waals surface area contributed by atoms with Crippen LogP contribution in [-0.2, 0) is 6.54 Å². The average molecular weight is 446 g/mol. The SMILES string of the molecule is O[C@@H](c1ccc2c(c1)CN(C1CCSCC1)CCO2)C(c1ccccc1)c1ccccc1. The summed E-state index contributed by atoms with van der Waals surface area (Å²) < 4.78 is 6.11. The number of aliphatic hydroxyl groups is 1. The smallest absolute Gasteiger partial charge is 0.123 e. The normalized spacial score (nSPS) is 18.6. The summed E-state index contributed by atoms with van der Waals surface area (Å²) in [6.07, 6.45) is 1.88. The zero-order chi connectivity index (χ0) is 21.8. The molecular weight excluding hydrogens is 414 g/mol. The molecule has 0 unspecified atom stereocenters. The lowest BCUT2D eigenvalue weighted by molar-refractivity contribution is 0.157. The Morgan fingerprint density at radius 1 is 0.844 bits per heavy atom. The van der Waals surface area contributed by atoms with E-state index in [2.05, 4.69) is 53.1 Å². The number of hydrogen-bond donors (Lipinski definition) is 1. The van der Waals surface area contributed by atoms with Gasteiger partial charge in [-0.2, -0.15) is 11.8 Å². The molecule has 3 nitrogen and oxygen atoms in total. The summed E-state index contributed by atoms with van der Waals surface area (Å²) >= 11 is 2.07. The van der Waals surface area contributed by atoms with E-state index in [1.807, 2.05) is 42.5 Å². The minimum absolute atomic E-state index is 0.117. The second-order valence-electron chi connectivity index (χ2n) is 8.77. The third-order valence-electron chi connectivity index (χ3n) is 6.78. The van der Waals surface area contributed by atoms with Crippen LogP contribution >= 0.6 is 11.8 Å². The van der Waals surface area contributed by atoms with Crippen LogP contribution in [0.25, 0.3) is 0 Å². The van der Waals surface area contributed by atoms with Crippen LogP contribution in [-0.4, -0.2) is 40.7 Å². The molecule has 0 saturated carbocycles. The third kappa shape index (κ3) is 4.73. The number of nitrogens with zero attached hydrogens (tertiary/aromatic N) is 1. The van der Waals surface area contributed by atoms with E-state index in [0.717, 1.165) is 42.1 Å². The predicted octanol–water partition coefficient (Wildman–Crippen LogP) is 5.64. The van der Waals surface area contributed by atoms with E-state index in [1.165, 1.54) is 29.9 Å². The highest BCUT2D eigenvalue weighted by Gasteiger charge is 2.28. The summed E-state index contributed by atoms with van der Waals surface area (Å²) in [5, 5.41) is 11.6. The summed E-state index contributed by atoms with van der Waals surface area (Å²) in [6, 6.07) is 27.6. The maximum absolute atomic E-state index is 11.6. The molecule has 0 aromatic heterocycles. The number of rotatable bonds is 5. The summed E-state index contributed by atoms with van der Waals surface area (Å²) in [6.45, 7) is 2.60. The zero-order valence-electron chi connectivity index (χ0n) is 18.4. The molecule has 2 aliphatic rings. The van der Waals surface area contributed by atoms with Gasteiger partial charge in [0.05, 0.1) is 6.10 Å². The topological polar surface area (TPSA) is 32.7 Å². The Kier molecular flexibility index (Phi) is 6.82. The summed E-state index contributed by atoms with van der Waals surface area (Å²) in [5.41, 5.74) is 4.39. The van der Waals surface area contributed by atoms with Crippen LogP contribution in [0.2, 0.25) is 0 Å². The monoisotopic (exact) mass is 445 g/mol. The van der Waals surface area contributed by atoms with Crippen LogP contribution in [0.5, 0.6) is 5.75 Å². The van der Waals surface area contributed by atoms with Crippen molar-refractivity contribution in [2.75, 3.05) is 24.7 Å². The van der Waals surface area contributed by atoms with Gasteiger partial charge in [0.2, 0.25) is 0 Å². The van der Waals surface area contributed by atoms with Crippen LogP contribution < -0.4 is 4.74 Å². The van der Waals surface area contributed by atoms with Crippen molar-refractivity contribution in [1.82, 2.24) is 4.90 Å². The fraction of sp³-hybridized carbons (Fsp3) is 0.357. The molecule has 0 radical (unpaired) electrons. The molecule has 0 spiro atoms. The van der Waals surface area contributed by atoms with Crippen molar-refractivity contribution in [3.8, 4) is 5.75 Å². The highest BCUT2D eigenvalue weighted by Crippen LogP contribution is 2.38. The minimum atomic E-state index is -0.632. The van der Waals surface area contributed by atoms with Gasteiger partial charge in [-0.1, -0.05) is 66.7 Å². The van der Waals surface area contributed by atoms with Gasteiger partial charge in [-0.15, -0.1) is 0 Å². The molecule has 4 heteroatoms. The van der Waals surface area contributed by atoms with E-state index in [9.17, 15) is 5.11 Å². The number of hydrogen-bond acceptors (Lipinski definition) is 4. The van der Waals surface area contributed by atoms with E-state index in [1.54, 1.807) is 0 Å². The highest BCUT2D eigenvalue weighted by molar-refractivity contribution is 7.99. The molecule has 1 fully saturated rings. The molecule has 2 heterocycles. The van der Waals surface area contributed by atoms with E-state index in [4.69, 9.17) is 4.74 Å². The summed E-state index contributed by atoms with van der Waals surface area (Å²) in [4.78, 5) is 2.59. The molecule has 0 aliphatic carbocycles. The fourth-order valence-electron chi connectivity index (χ4n) is 5.05. The molecule has 3 aromatic carbocycles. The number of ether oxygens (including phenoxy) is 1. The largest absolute Gasteiger partial charge is 0.492 e.